The predicted octanol–water partition coefficient (Wildman–Crippen LogP) is 6.74. The molecule has 0 radical (unpaired) electrons. The van der Waals surface area contributed by atoms with Gasteiger partial charge in [0.2, 0.25) is 5.91 Å². The van der Waals surface area contributed by atoms with Crippen LogP contribution in [0.15, 0.2) is 18.2 Å². The van der Waals surface area contributed by atoms with Crippen LogP contribution in [0.5, 0.6) is 6.01 Å². The quantitative estimate of drug-likeness (QED) is 0.235. The van der Waals surface area contributed by atoms with E-state index in [4.69, 9.17) is 27.1 Å². The number of rotatable bonds is 6. The first kappa shape index (κ1) is 31.2. The molecular weight excluding hydrogens is 668 g/mol. The molecule has 254 valence electrons. The summed E-state index contributed by atoms with van der Waals surface area (Å²) < 4.78 is 38.6. The minimum atomic E-state index is -0.698. The van der Waals surface area contributed by atoms with Crippen LogP contribution in [0.1, 0.15) is 56.9 Å². The Kier molecular flexibility index (Phi) is 7.24. The summed E-state index contributed by atoms with van der Waals surface area (Å²) in [6, 6.07) is 6.52. The van der Waals surface area contributed by atoms with Crippen molar-refractivity contribution in [2.45, 2.75) is 56.9 Å². The number of thiophene rings is 1. The molecule has 4 saturated heterocycles. The number of nitrogens with zero attached hydrogens (tertiary/aromatic N) is 6. The zero-order chi connectivity index (χ0) is 33.7. The molecule has 6 heterocycles. The fourth-order valence-corrected chi connectivity index (χ4v) is 10.3. The number of halogens is 3. The third kappa shape index (κ3) is 4.94. The first-order valence-corrected chi connectivity index (χ1v) is 18.4. The molecule has 1 amide bonds. The van der Waals surface area contributed by atoms with E-state index in [0.29, 0.717) is 44.0 Å². The molecular formula is C36H36ClF2N7O2S. The summed E-state index contributed by atoms with van der Waals surface area (Å²) in [5, 5.41) is 10.8. The van der Waals surface area contributed by atoms with Gasteiger partial charge in [-0.2, -0.15) is 15.2 Å². The number of benzene rings is 2. The van der Waals surface area contributed by atoms with E-state index in [1.165, 1.54) is 12.1 Å². The lowest BCUT2D eigenvalue weighted by Crippen LogP contribution is -2.64. The smallest absolute Gasteiger partial charge is 0.319 e. The van der Waals surface area contributed by atoms with E-state index < -0.39 is 11.6 Å². The number of carbonyl (C=O) groups is 1. The van der Waals surface area contributed by atoms with Gasteiger partial charge in [-0.1, -0.05) is 17.7 Å². The Labute approximate surface area is 291 Å². The molecule has 0 atom stereocenters. The molecule has 13 heteroatoms. The van der Waals surface area contributed by atoms with E-state index in [9.17, 15) is 14.4 Å². The van der Waals surface area contributed by atoms with Crippen molar-refractivity contribution in [1.29, 1.82) is 5.26 Å². The van der Waals surface area contributed by atoms with Crippen molar-refractivity contribution in [2.75, 3.05) is 56.5 Å². The summed E-state index contributed by atoms with van der Waals surface area (Å²) in [5.41, 5.74) is 6.41. The highest BCUT2D eigenvalue weighted by Crippen LogP contribution is 2.48. The normalized spacial score (nSPS) is 21.3. The number of nitriles is 1. The topological polar surface area (TPSA) is 112 Å². The van der Waals surface area contributed by atoms with Gasteiger partial charge >= 0.3 is 6.01 Å². The van der Waals surface area contributed by atoms with Gasteiger partial charge in [-0.05, 0) is 82.2 Å². The number of fused-ring (bicyclic) bond motifs is 3. The molecule has 5 fully saturated rings. The van der Waals surface area contributed by atoms with Gasteiger partial charge in [0, 0.05) is 53.8 Å². The third-order valence-electron chi connectivity index (χ3n) is 11.6. The van der Waals surface area contributed by atoms with Crippen LogP contribution < -0.4 is 15.4 Å². The SMILES string of the molecule is N#Cc1c(N)sc2c(F)ccc(-c3c(Cl)cc4c(N5CCCC6(CN(C(=O)C7CC7)C6)C5)nc(OCC56CCCN5CCC6)nc4c3F)c12. The average molecular weight is 704 g/mol. The second kappa shape index (κ2) is 11.4. The molecule has 4 aromatic rings. The van der Waals surface area contributed by atoms with Crippen molar-refractivity contribution in [3.8, 4) is 23.2 Å². The maximum absolute atomic E-state index is 17.1. The van der Waals surface area contributed by atoms with E-state index in [2.05, 4.69) is 20.9 Å². The highest BCUT2D eigenvalue weighted by atomic mass is 35.5. The van der Waals surface area contributed by atoms with Gasteiger partial charge in [-0.15, -0.1) is 11.3 Å². The Balaban J connectivity index is 1.15. The van der Waals surface area contributed by atoms with E-state index in [0.717, 1.165) is 75.8 Å². The van der Waals surface area contributed by atoms with Crippen LogP contribution >= 0.6 is 22.9 Å². The monoisotopic (exact) mass is 703 g/mol. The number of anilines is 2. The summed E-state index contributed by atoms with van der Waals surface area (Å²) in [5.74, 6) is -0.243. The molecule has 1 spiro atoms. The average Bonchev–Trinajstić information content (AvgIpc) is 3.60. The van der Waals surface area contributed by atoms with Gasteiger partial charge in [-0.3, -0.25) is 9.69 Å². The summed E-state index contributed by atoms with van der Waals surface area (Å²) in [7, 11) is 0. The molecule has 4 aliphatic heterocycles. The number of nitrogens with two attached hydrogens (primary N) is 1. The fourth-order valence-electron chi connectivity index (χ4n) is 9.04. The summed E-state index contributed by atoms with van der Waals surface area (Å²) in [6.45, 7) is 5.32. The van der Waals surface area contributed by atoms with Crippen molar-refractivity contribution in [3.05, 3.63) is 40.4 Å². The lowest BCUT2D eigenvalue weighted by molar-refractivity contribution is -0.145. The molecule has 0 unspecified atom stereocenters. The first-order valence-electron chi connectivity index (χ1n) is 17.2. The summed E-state index contributed by atoms with van der Waals surface area (Å²) in [6.07, 6.45) is 8.19. The van der Waals surface area contributed by atoms with Crippen LogP contribution in [0, 0.1) is 34.3 Å². The van der Waals surface area contributed by atoms with Crippen molar-refractivity contribution < 1.29 is 18.3 Å². The van der Waals surface area contributed by atoms with Gasteiger partial charge in [0.1, 0.15) is 34.8 Å². The number of hydrogen-bond acceptors (Lipinski definition) is 9. The number of nitrogen functional groups attached to an aromatic ring is 1. The van der Waals surface area contributed by atoms with E-state index in [-0.39, 0.29) is 71.1 Å². The number of amides is 1. The Morgan fingerprint density at radius 1 is 1.10 bits per heavy atom. The van der Waals surface area contributed by atoms with Gasteiger partial charge < -0.3 is 20.3 Å². The Morgan fingerprint density at radius 3 is 2.59 bits per heavy atom. The second-order valence-corrected chi connectivity index (χ2v) is 16.2. The van der Waals surface area contributed by atoms with Crippen LogP contribution in [0.25, 0.3) is 32.1 Å². The van der Waals surface area contributed by atoms with Crippen LogP contribution in [-0.2, 0) is 4.79 Å². The fraction of sp³-hybridized carbons (Fsp3) is 0.500. The van der Waals surface area contributed by atoms with Crippen molar-refractivity contribution in [2.24, 2.45) is 11.3 Å². The van der Waals surface area contributed by atoms with Gasteiger partial charge in [0.25, 0.3) is 0 Å². The number of aromatic nitrogens is 2. The zero-order valence-corrected chi connectivity index (χ0v) is 28.6. The number of piperidine rings is 1. The summed E-state index contributed by atoms with van der Waals surface area (Å²) >= 11 is 7.88. The minimum absolute atomic E-state index is 0.0174. The van der Waals surface area contributed by atoms with Crippen molar-refractivity contribution in [3.63, 3.8) is 0 Å². The van der Waals surface area contributed by atoms with E-state index in [1.54, 1.807) is 6.07 Å². The highest BCUT2D eigenvalue weighted by molar-refractivity contribution is 7.23. The molecule has 0 bridgehead atoms. The molecule has 2 aromatic heterocycles. The van der Waals surface area contributed by atoms with Crippen molar-refractivity contribution in [1.82, 2.24) is 19.8 Å². The molecule has 2 N–H and O–H groups in total. The molecule has 2 aromatic carbocycles. The molecule has 9 nitrogen and oxygen atoms in total. The van der Waals surface area contributed by atoms with Crippen LogP contribution in [-0.4, -0.2) is 77.1 Å². The standard InChI is InChI=1S/C36H36ClF2N7O2S/c37-24-14-22-29(28(39)27(24)21-6-7-25(38)30-26(21)23(15-40)31(41)49-30)42-34(48-19-36-9-2-12-46(36)13-3-10-36)43-32(22)44-11-1-8-35(16-44)17-45(18-35)33(47)20-4-5-20/h6-7,14,20H,1-5,8-13,16-19,41H2. The second-order valence-electron chi connectivity index (χ2n) is 14.7. The first-order chi connectivity index (χ1) is 23.7. The highest BCUT2D eigenvalue weighted by Gasteiger charge is 2.50. The van der Waals surface area contributed by atoms with Crippen LogP contribution in [0.4, 0.5) is 19.6 Å². The van der Waals surface area contributed by atoms with Gasteiger partial charge in [-0.25, -0.2) is 8.78 Å². The third-order valence-corrected chi connectivity index (χ3v) is 12.9. The predicted molar refractivity (Wildman–Crippen MR) is 186 cm³/mol. The van der Waals surface area contributed by atoms with Crippen LogP contribution in [0.3, 0.4) is 0 Å². The number of hydrogen-bond donors (Lipinski definition) is 1. The Bertz CT molecular complexity index is 2080. The molecule has 1 aliphatic carbocycles. The van der Waals surface area contributed by atoms with Crippen molar-refractivity contribution >= 4 is 60.7 Å². The van der Waals surface area contributed by atoms with Gasteiger partial charge in [0.15, 0.2) is 5.82 Å². The minimum Gasteiger partial charge on any atom is -0.461 e. The number of likely N-dealkylation sites (tertiary alicyclic amines) is 1. The molecule has 1 saturated carbocycles. The maximum atomic E-state index is 17.1. The summed E-state index contributed by atoms with van der Waals surface area (Å²) in [4.78, 5) is 29.1. The lowest BCUT2D eigenvalue weighted by Gasteiger charge is -2.55. The maximum Gasteiger partial charge on any atom is 0.319 e. The molecule has 5 aliphatic rings. The van der Waals surface area contributed by atoms with Crippen LogP contribution in [0.2, 0.25) is 5.02 Å². The molecule has 49 heavy (non-hydrogen) atoms. The zero-order valence-electron chi connectivity index (χ0n) is 27.0. The Morgan fingerprint density at radius 2 is 1.86 bits per heavy atom. The largest absolute Gasteiger partial charge is 0.461 e. The van der Waals surface area contributed by atoms with Gasteiger partial charge in [0.05, 0.1) is 20.8 Å². The number of ether oxygens (including phenoxy) is 1. The number of carbonyl (C=O) groups excluding carboxylic acids is 1. The molecule has 9 rings (SSSR count). The van der Waals surface area contributed by atoms with E-state index >= 15 is 4.39 Å². The lowest BCUT2D eigenvalue weighted by atomic mass is 9.73. The Hall–Kier alpha value is -3.79. The van der Waals surface area contributed by atoms with E-state index in [1.807, 2.05) is 4.90 Å².